The fraction of sp³-hybridized carbons (Fsp3) is 0.786. The third-order valence-electron chi connectivity index (χ3n) is 3.71. The van der Waals surface area contributed by atoms with Crippen LogP contribution in [0.5, 0.6) is 0 Å². The van der Waals surface area contributed by atoms with Gasteiger partial charge in [-0.05, 0) is 33.2 Å². The van der Waals surface area contributed by atoms with Crippen molar-refractivity contribution in [1.82, 2.24) is 9.88 Å². The molecule has 2 rings (SSSR count). The maximum absolute atomic E-state index is 8.92. The van der Waals surface area contributed by atoms with E-state index in [9.17, 15) is 0 Å². The van der Waals surface area contributed by atoms with Crippen LogP contribution in [0.2, 0.25) is 0 Å². The lowest BCUT2D eigenvalue weighted by Crippen LogP contribution is -2.44. The van der Waals surface area contributed by atoms with E-state index in [0.717, 1.165) is 12.1 Å². The van der Waals surface area contributed by atoms with E-state index in [0.29, 0.717) is 18.5 Å². The van der Waals surface area contributed by atoms with Crippen molar-refractivity contribution in [3.8, 4) is 0 Å². The molecule has 0 spiro atoms. The summed E-state index contributed by atoms with van der Waals surface area (Å²) in [6.45, 7) is 6.01. The van der Waals surface area contributed by atoms with Crippen LogP contribution >= 0.6 is 11.3 Å². The number of nitrogens with zero attached hydrogens (tertiary/aromatic N) is 2. The van der Waals surface area contributed by atoms with Gasteiger partial charge in [-0.25, -0.2) is 4.98 Å². The zero-order valence-electron chi connectivity index (χ0n) is 11.4. The molecule has 1 aromatic rings. The topological polar surface area (TPSA) is 36.4 Å². The fourth-order valence-electron chi connectivity index (χ4n) is 2.80. The number of hydrogen-bond acceptors (Lipinski definition) is 4. The Morgan fingerprint density at radius 2 is 2.33 bits per heavy atom. The molecule has 3 nitrogen and oxygen atoms in total. The highest BCUT2D eigenvalue weighted by Crippen LogP contribution is 2.24. The minimum absolute atomic E-state index is 0.199. The van der Waals surface area contributed by atoms with E-state index >= 15 is 0 Å². The first-order valence-electron chi connectivity index (χ1n) is 7.00. The molecule has 1 fully saturated rings. The molecule has 4 heteroatoms. The Balaban J connectivity index is 1.97. The van der Waals surface area contributed by atoms with E-state index in [4.69, 9.17) is 5.11 Å². The average molecular weight is 268 g/mol. The van der Waals surface area contributed by atoms with Crippen LogP contribution in [0.15, 0.2) is 5.38 Å². The van der Waals surface area contributed by atoms with E-state index in [1.165, 1.54) is 30.8 Å². The van der Waals surface area contributed by atoms with Crippen molar-refractivity contribution < 1.29 is 5.11 Å². The number of aliphatic hydroxyl groups excluding tert-OH is 1. The van der Waals surface area contributed by atoms with Gasteiger partial charge in [0.15, 0.2) is 0 Å². The number of hydrogen-bond donors (Lipinski definition) is 1. The molecule has 0 aliphatic carbocycles. The molecule has 0 bridgehead atoms. The predicted molar refractivity (Wildman–Crippen MR) is 76.1 cm³/mol. The molecule has 1 aromatic heterocycles. The molecule has 1 saturated heterocycles. The van der Waals surface area contributed by atoms with Crippen LogP contribution in [0.25, 0.3) is 0 Å². The molecule has 2 heterocycles. The molecule has 1 atom stereocenters. The van der Waals surface area contributed by atoms with E-state index in [1.807, 2.05) is 0 Å². The van der Waals surface area contributed by atoms with Crippen LogP contribution in [-0.2, 0) is 12.8 Å². The number of aliphatic hydroxyl groups is 1. The Labute approximate surface area is 114 Å². The Kier molecular flexibility index (Phi) is 5.15. The standard InChI is InChI=1S/C14H24N2OS/c1-11(2)16-7-4-3-5-13(16)9-14-15-12(6-8-17)10-18-14/h10-11,13,17H,3-9H2,1-2H3. The van der Waals surface area contributed by atoms with Gasteiger partial charge >= 0.3 is 0 Å². The smallest absolute Gasteiger partial charge is 0.0943 e. The molecule has 1 unspecified atom stereocenters. The molecular formula is C14H24N2OS. The highest BCUT2D eigenvalue weighted by atomic mass is 32.1. The van der Waals surface area contributed by atoms with E-state index < -0.39 is 0 Å². The summed E-state index contributed by atoms with van der Waals surface area (Å²) in [7, 11) is 0. The quantitative estimate of drug-likeness (QED) is 0.891. The maximum atomic E-state index is 8.92. The first-order valence-corrected chi connectivity index (χ1v) is 7.88. The van der Waals surface area contributed by atoms with Gasteiger partial charge in [0.05, 0.1) is 10.7 Å². The molecule has 1 aliphatic rings. The van der Waals surface area contributed by atoms with Crippen molar-refractivity contribution in [3.05, 3.63) is 16.1 Å². The van der Waals surface area contributed by atoms with Gasteiger partial charge in [-0.1, -0.05) is 6.42 Å². The number of rotatable bonds is 5. The summed E-state index contributed by atoms with van der Waals surface area (Å²) in [6, 6.07) is 1.29. The molecule has 1 N–H and O–H groups in total. The van der Waals surface area contributed by atoms with E-state index in [1.54, 1.807) is 11.3 Å². The normalized spacial score (nSPS) is 21.7. The maximum Gasteiger partial charge on any atom is 0.0943 e. The van der Waals surface area contributed by atoms with Gasteiger partial charge in [0.1, 0.15) is 0 Å². The summed E-state index contributed by atoms with van der Waals surface area (Å²) in [5.41, 5.74) is 1.05. The Morgan fingerprint density at radius 3 is 3.06 bits per heavy atom. The van der Waals surface area contributed by atoms with Crippen LogP contribution in [0.3, 0.4) is 0 Å². The van der Waals surface area contributed by atoms with Crippen LogP contribution in [0.1, 0.15) is 43.8 Å². The van der Waals surface area contributed by atoms with Crippen molar-refractivity contribution >= 4 is 11.3 Å². The van der Waals surface area contributed by atoms with E-state index in [2.05, 4.69) is 29.1 Å². The molecule has 18 heavy (non-hydrogen) atoms. The molecule has 0 aromatic carbocycles. The number of aromatic nitrogens is 1. The third-order valence-corrected chi connectivity index (χ3v) is 4.63. The highest BCUT2D eigenvalue weighted by molar-refractivity contribution is 7.09. The Morgan fingerprint density at radius 1 is 1.50 bits per heavy atom. The lowest BCUT2D eigenvalue weighted by molar-refractivity contribution is 0.111. The predicted octanol–water partition coefficient (Wildman–Crippen LogP) is 2.48. The zero-order valence-corrected chi connectivity index (χ0v) is 12.2. The molecule has 102 valence electrons. The van der Waals surface area contributed by atoms with Crippen molar-refractivity contribution in [1.29, 1.82) is 0 Å². The first-order chi connectivity index (χ1) is 8.70. The minimum Gasteiger partial charge on any atom is -0.396 e. The Hall–Kier alpha value is -0.450. The van der Waals surface area contributed by atoms with Crippen molar-refractivity contribution in [2.45, 2.75) is 58.0 Å². The zero-order chi connectivity index (χ0) is 13.0. The second-order valence-corrected chi connectivity index (χ2v) is 6.33. The second-order valence-electron chi connectivity index (χ2n) is 5.39. The molecule has 0 amide bonds. The van der Waals surface area contributed by atoms with E-state index in [-0.39, 0.29) is 6.61 Å². The summed E-state index contributed by atoms with van der Waals surface area (Å²) < 4.78 is 0. The number of piperidine rings is 1. The lowest BCUT2D eigenvalue weighted by Gasteiger charge is -2.38. The van der Waals surface area contributed by atoms with Gasteiger partial charge in [0.25, 0.3) is 0 Å². The molecule has 1 aliphatic heterocycles. The first kappa shape index (κ1) is 14.0. The van der Waals surface area contributed by atoms with Gasteiger partial charge in [-0.15, -0.1) is 11.3 Å². The van der Waals surface area contributed by atoms with Crippen molar-refractivity contribution in [2.24, 2.45) is 0 Å². The van der Waals surface area contributed by atoms with Gasteiger partial charge in [-0.3, -0.25) is 4.90 Å². The summed E-state index contributed by atoms with van der Waals surface area (Å²) in [5, 5.41) is 12.2. The summed E-state index contributed by atoms with van der Waals surface area (Å²) in [4.78, 5) is 7.24. The monoisotopic (exact) mass is 268 g/mol. The average Bonchev–Trinajstić information content (AvgIpc) is 2.77. The second kappa shape index (κ2) is 6.64. The summed E-state index contributed by atoms with van der Waals surface area (Å²) in [6.07, 6.45) is 5.75. The van der Waals surface area contributed by atoms with Crippen LogP contribution in [0, 0.1) is 0 Å². The van der Waals surface area contributed by atoms with Crippen molar-refractivity contribution in [2.75, 3.05) is 13.2 Å². The molecule has 0 saturated carbocycles. The summed E-state index contributed by atoms with van der Waals surface area (Å²) >= 11 is 1.75. The molecular weight excluding hydrogens is 244 g/mol. The molecule has 0 radical (unpaired) electrons. The van der Waals surface area contributed by atoms with Gasteiger partial charge in [-0.2, -0.15) is 0 Å². The fourth-order valence-corrected chi connectivity index (χ4v) is 3.70. The SMILES string of the molecule is CC(C)N1CCCCC1Cc1nc(CCO)cs1. The summed E-state index contributed by atoms with van der Waals surface area (Å²) in [5.74, 6) is 0. The Bertz CT molecular complexity index is 364. The third kappa shape index (κ3) is 3.53. The van der Waals surface area contributed by atoms with Crippen LogP contribution < -0.4 is 0 Å². The lowest BCUT2D eigenvalue weighted by atomic mass is 9.98. The number of likely N-dealkylation sites (tertiary alicyclic amines) is 1. The minimum atomic E-state index is 0.199. The van der Waals surface area contributed by atoms with Gasteiger partial charge in [0.2, 0.25) is 0 Å². The largest absolute Gasteiger partial charge is 0.396 e. The van der Waals surface area contributed by atoms with Gasteiger partial charge in [0, 0.05) is 36.9 Å². The van der Waals surface area contributed by atoms with Crippen LogP contribution in [0.4, 0.5) is 0 Å². The number of thiazole rings is 1. The van der Waals surface area contributed by atoms with Crippen molar-refractivity contribution in [3.63, 3.8) is 0 Å². The highest BCUT2D eigenvalue weighted by Gasteiger charge is 2.25. The van der Waals surface area contributed by atoms with Gasteiger partial charge < -0.3 is 5.11 Å². The van der Waals surface area contributed by atoms with Crippen LogP contribution in [-0.4, -0.2) is 40.2 Å².